The van der Waals surface area contributed by atoms with Crippen molar-refractivity contribution in [3.8, 4) is 16.9 Å². The average Bonchev–Trinajstić information content (AvgIpc) is 3.02. The molecule has 1 aromatic heterocycles. The number of piperazine rings is 1. The first kappa shape index (κ1) is 27.9. The zero-order valence-corrected chi connectivity index (χ0v) is 23.3. The first-order valence-electron chi connectivity index (χ1n) is 13.9. The van der Waals surface area contributed by atoms with Gasteiger partial charge >= 0.3 is 6.03 Å². The van der Waals surface area contributed by atoms with Gasteiger partial charge in [-0.25, -0.2) is 4.79 Å². The Morgan fingerprint density at radius 1 is 0.902 bits per heavy atom. The Hall–Kier alpha value is -4.69. The highest BCUT2D eigenvalue weighted by Gasteiger charge is 2.20. The van der Waals surface area contributed by atoms with Gasteiger partial charge in [-0.15, -0.1) is 0 Å². The summed E-state index contributed by atoms with van der Waals surface area (Å²) in [5, 5.41) is 5.64. The Kier molecular flexibility index (Phi) is 9.23. The molecule has 0 spiro atoms. The van der Waals surface area contributed by atoms with Gasteiger partial charge in [-0.1, -0.05) is 42.5 Å². The number of rotatable bonds is 9. The second kappa shape index (κ2) is 13.6. The molecule has 41 heavy (non-hydrogen) atoms. The lowest BCUT2D eigenvalue weighted by atomic mass is 9.96. The maximum Gasteiger partial charge on any atom is 0.319 e. The topological polar surface area (TPSA) is 86.8 Å². The van der Waals surface area contributed by atoms with Crippen molar-refractivity contribution in [1.82, 2.24) is 20.1 Å². The Morgan fingerprint density at radius 2 is 1.71 bits per heavy atom. The number of aromatic nitrogens is 1. The fourth-order valence-electron chi connectivity index (χ4n) is 4.81. The maximum atomic E-state index is 13.1. The second-order valence-electron chi connectivity index (χ2n) is 10.1. The van der Waals surface area contributed by atoms with Gasteiger partial charge in [0.15, 0.2) is 0 Å². The number of nitrogens with zero attached hydrogens (tertiary/aromatic N) is 3. The van der Waals surface area contributed by atoms with E-state index in [1.165, 1.54) is 0 Å². The lowest BCUT2D eigenvalue weighted by Crippen LogP contribution is -2.47. The lowest BCUT2D eigenvalue weighted by molar-refractivity contribution is 0.0664. The molecule has 8 nitrogen and oxygen atoms in total. The Bertz CT molecular complexity index is 1450. The number of amides is 3. The molecular weight excluding hydrogens is 514 g/mol. The van der Waals surface area contributed by atoms with Gasteiger partial charge in [0.05, 0.1) is 6.61 Å². The normalized spacial score (nSPS) is 13.4. The third kappa shape index (κ3) is 7.70. The molecule has 0 bridgehead atoms. The number of anilines is 1. The van der Waals surface area contributed by atoms with E-state index in [-0.39, 0.29) is 11.9 Å². The van der Waals surface area contributed by atoms with Crippen molar-refractivity contribution in [3.63, 3.8) is 0 Å². The molecule has 0 saturated carbocycles. The number of urea groups is 1. The number of pyridine rings is 1. The van der Waals surface area contributed by atoms with Crippen molar-refractivity contribution in [1.29, 1.82) is 0 Å². The van der Waals surface area contributed by atoms with Gasteiger partial charge in [0.25, 0.3) is 5.91 Å². The molecule has 0 atom stereocenters. The first-order chi connectivity index (χ1) is 20.0. The van der Waals surface area contributed by atoms with Crippen LogP contribution in [-0.2, 0) is 13.0 Å². The van der Waals surface area contributed by atoms with Gasteiger partial charge in [-0.2, -0.15) is 0 Å². The quantitative estimate of drug-likeness (QED) is 0.304. The summed E-state index contributed by atoms with van der Waals surface area (Å²) in [6.45, 7) is 4.20. The predicted octanol–water partition coefficient (Wildman–Crippen LogP) is 5.08. The third-order valence-electron chi connectivity index (χ3n) is 7.16. The van der Waals surface area contributed by atoms with E-state index in [1.54, 1.807) is 12.4 Å². The van der Waals surface area contributed by atoms with Crippen LogP contribution < -0.4 is 15.4 Å². The summed E-state index contributed by atoms with van der Waals surface area (Å²) < 4.78 is 6.02. The van der Waals surface area contributed by atoms with Crippen LogP contribution in [0.5, 0.6) is 5.75 Å². The molecule has 210 valence electrons. The Morgan fingerprint density at radius 3 is 2.49 bits per heavy atom. The van der Waals surface area contributed by atoms with Crippen molar-refractivity contribution < 1.29 is 14.3 Å². The molecule has 0 unspecified atom stereocenters. The SMILES string of the molecule is CN1CCN(C(=O)c2cccc(-c3ccccc3CCOc3ccc(NC(=O)NCc4cccnc4)cc3)c2)CC1. The van der Waals surface area contributed by atoms with Crippen LogP contribution in [0.2, 0.25) is 0 Å². The van der Waals surface area contributed by atoms with Crippen LogP contribution in [0.3, 0.4) is 0 Å². The van der Waals surface area contributed by atoms with E-state index in [9.17, 15) is 9.59 Å². The summed E-state index contributed by atoms with van der Waals surface area (Å²) in [7, 11) is 2.09. The molecule has 1 aliphatic heterocycles. The molecule has 0 radical (unpaired) electrons. The van der Waals surface area contributed by atoms with E-state index in [0.29, 0.717) is 25.3 Å². The highest BCUT2D eigenvalue weighted by atomic mass is 16.5. The summed E-state index contributed by atoms with van der Waals surface area (Å²) in [6.07, 6.45) is 4.13. The summed E-state index contributed by atoms with van der Waals surface area (Å²) in [5.74, 6) is 0.813. The number of ether oxygens (including phenoxy) is 1. The molecule has 0 aliphatic carbocycles. The average molecular weight is 550 g/mol. The lowest BCUT2D eigenvalue weighted by Gasteiger charge is -2.32. The molecule has 4 aromatic rings. The third-order valence-corrected chi connectivity index (χ3v) is 7.16. The minimum atomic E-state index is -0.284. The number of benzene rings is 3. The molecule has 1 saturated heterocycles. The zero-order valence-electron chi connectivity index (χ0n) is 23.3. The highest BCUT2D eigenvalue weighted by molar-refractivity contribution is 5.95. The van der Waals surface area contributed by atoms with Crippen molar-refractivity contribution in [2.75, 3.05) is 45.2 Å². The van der Waals surface area contributed by atoms with Crippen LogP contribution in [0, 0.1) is 0 Å². The van der Waals surface area contributed by atoms with Crippen molar-refractivity contribution in [2.45, 2.75) is 13.0 Å². The molecule has 1 fully saturated rings. The first-order valence-corrected chi connectivity index (χ1v) is 13.9. The van der Waals surface area contributed by atoms with E-state index in [4.69, 9.17) is 4.74 Å². The Labute approximate surface area is 241 Å². The molecule has 1 aliphatic rings. The number of hydrogen-bond acceptors (Lipinski definition) is 5. The maximum absolute atomic E-state index is 13.1. The van der Waals surface area contributed by atoms with Gasteiger partial charge in [0.2, 0.25) is 0 Å². The van der Waals surface area contributed by atoms with E-state index >= 15 is 0 Å². The van der Waals surface area contributed by atoms with E-state index in [0.717, 1.165) is 59.7 Å². The van der Waals surface area contributed by atoms with Crippen molar-refractivity contribution in [2.24, 2.45) is 0 Å². The fraction of sp³-hybridized carbons (Fsp3) is 0.242. The summed E-state index contributed by atoms with van der Waals surface area (Å²) in [6, 6.07) is 26.9. The molecular formula is C33H35N5O3. The van der Waals surface area contributed by atoms with Crippen molar-refractivity contribution >= 4 is 17.6 Å². The van der Waals surface area contributed by atoms with E-state index in [1.807, 2.05) is 71.6 Å². The van der Waals surface area contributed by atoms with Crippen LogP contribution in [-0.4, -0.2) is 66.6 Å². The van der Waals surface area contributed by atoms with Crippen LogP contribution in [0.25, 0.3) is 11.1 Å². The highest BCUT2D eigenvalue weighted by Crippen LogP contribution is 2.26. The standard InChI is InChI=1S/C33H35N5O3/c1-37-17-19-38(20-18-37)32(39)28-9-4-8-27(22-28)31-10-3-2-7-26(31)15-21-41-30-13-11-29(12-14-30)36-33(40)35-24-25-6-5-16-34-23-25/h2-14,16,22-23H,15,17-21,24H2,1H3,(H2,35,36,40). The fourth-order valence-corrected chi connectivity index (χ4v) is 4.81. The van der Waals surface area contributed by atoms with E-state index < -0.39 is 0 Å². The summed E-state index contributed by atoms with van der Waals surface area (Å²) >= 11 is 0. The van der Waals surface area contributed by atoms with Gasteiger partial charge in [-0.3, -0.25) is 9.78 Å². The van der Waals surface area contributed by atoms with Gasteiger partial charge in [0.1, 0.15) is 5.75 Å². The molecule has 2 N–H and O–H groups in total. The number of carbonyl (C=O) groups excluding carboxylic acids is 2. The zero-order chi connectivity index (χ0) is 28.4. The van der Waals surface area contributed by atoms with Crippen LogP contribution >= 0.6 is 0 Å². The second-order valence-corrected chi connectivity index (χ2v) is 10.1. The molecule has 8 heteroatoms. The summed E-state index contributed by atoms with van der Waals surface area (Å²) in [4.78, 5) is 33.6. The van der Waals surface area contributed by atoms with Gasteiger partial charge in [0, 0.05) is 62.8 Å². The van der Waals surface area contributed by atoms with Gasteiger partial charge < -0.3 is 25.2 Å². The monoisotopic (exact) mass is 549 g/mol. The molecule has 3 aromatic carbocycles. The number of nitrogens with one attached hydrogen (secondary N) is 2. The molecule has 5 rings (SSSR count). The van der Waals surface area contributed by atoms with Crippen LogP contribution in [0.4, 0.5) is 10.5 Å². The number of hydrogen-bond donors (Lipinski definition) is 2. The molecule has 3 amide bonds. The number of carbonyl (C=O) groups is 2. The van der Waals surface area contributed by atoms with Crippen LogP contribution in [0.15, 0.2) is 97.3 Å². The minimum absolute atomic E-state index is 0.0877. The molecule has 2 heterocycles. The largest absolute Gasteiger partial charge is 0.493 e. The Balaban J connectivity index is 1.15. The van der Waals surface area contributed by atoms with Crippen LogP contribution in [0.1, 0.15) is 21.5 Å². The summed E-state index contributed by atoms with van der Waals surface area (Å²) in [5.41, 5.74) is 5.61. The minimum Gasteiger partial charge on any atom is -0.493 e. The smallest absolute Gasteiger partial charge is 0.319 e. The number of likely N-dealkylation sites (N-methyl/N-ethyl adjacent to an activating group) is 1. The van der Waals surface area contributed by atoms with E-state index in [2.05, 4.69) is 45.8 Å². The van der Waals surface area contributed by atoms with Gasteiger partial charge in [-0.05, 0) is 71.8 Å². The predicted molar refractivity (Wildman–Crippen MR) is 161 cm³/mol. The van der Waals surface area contributed by atoms with Crippen molar-refractivity contribution in [3.05, 3.63) is 114 Å².